The molecule has 0 spiro atoms. The molecule has 2 nitrogen and oxygen atoms in total. The lowest BCUT2D eigenvalue weighted by Gasteiger charge is -2.23. The third-order valence-electron chi connectivity index (χ3n) is 2.21. The van der Waals surface area contributed by atoms with Crippen LogP contribution in [0.15, 0.2) is 0 Å². The van der Waals surface area contributed by atoms with Crippen LogP contribution in [0.25, 0.3) is 0 Å². The van der Waals surface area contributed by atoms with Crippen molar-refractivity contribution in [3.8, 4) is 0 Å². The summed E-state index contributed by atoms with van der Waals surface area (Å²) in [5.41, 5.74) is 0. The Morgan fingerprint density at radius 3 is 2.29 bits per heavy atom. The Hall–Kier alpha value is -0.290. The molecule has 86 valence electrons. The van der Waals surface area contributed by atoms with Crippen LogP contribution in [0.4, 0.5) is 13.2 Å². The first kappa shape index (κ1) is 13.7. The lowest BCUT2D eigenvalue weighted by Crippen LogP contribution is -2.38. The van der Waals surface area contributed by atoms with Crippen molar-refractivity contribution in [2.45, 2.75) is 32.0 Å². The summed E-state index contributed by atoms with van der Waals surface area (Å²) < 4.78 is 35.6. The highest BCUT2D eigenvalue weighted by Crippen LogP contribution is 2.19. The monoisotopic (exact) mass is 212 g/mol. The van der Waals surface area contributed by atoms with E-state index in [-0.39, 0.29) is 12.6 Å². The summed E-state index contributed by atoms with van der Waals surface area (Å²) in [7, 11) is 3.54. The van der Waals surface area contributed by atoms with Crippen molar-refractivity contribution in [2.24, 2.45) is 0 Å². The maximum absolute atomic E-state index is 11.9. The SMILES string of the molecule is CCC(CN(C)CCC(F)(F)F)NC. The second kappa shape index (κ2) is 6.24. The molecular formula is C9H19F3N2. The van der Waals surface area contributed by atoms with E-state index in [2.05, 4.69) is 5.32 Å². The first-order valence-electron chi connectivity index (χ1n) is 4.81. The molecule has 0 radical (unpaired) electrons. The molecule has 0 aliphatic rings. The zero-order chi connectivity index (χ0) is 11.2. The Morgan fingerprint density at radius 2 is 1.93 bits per heavy atom. The summed E-state index contributed by atoms with van der Waals surface area (Å²) in [4.78, 5) is 1.71. The largest absolute Gasteiger partial charge is 0.390 e. The molecule has 0 saturated carbocycles. The summed E-state index contributed by atoms with van der Waals surface area (Å²) in [6, 6.07) is 0.272. The third kappa shape index (κ3) is 7.15. The van der Waals surface area contributed by atoms with Gasteiger partial charge in [-0.15, -0.1) is 0 Å². The minimum atomic E-state index is -4.05. The molecule has 1 N–H and O–H groups in total. The Kier molecular flexibility index (Phi) is 6.11. The standard InChI is InChI=1S/C9H19F3N2/c1-4-8(13-2)7-14(3)6-5-9(10,11)12/h8,13H,4-7H2,1-3H3. The van der Waals surface area contributed by atoms with Crippen LogP contribution in [0.1, 0.15) is 19.8 Å². The lowest BCUT2D eigenvalue weighted by molar-refractivity contribution is -0.137. The van der Waals surface area contributed by atoms with Gasteiger partial charge in [-0.2, -0.15) is 13.2 Å². The number of nitrogens with zero attached hydrogens (tertiary/aromatic N) is 1. The molecule has 0 aromatic carbocycles. The van der Waals surface area contributed by atoms with E-state index in [0.29, 0.717) is 6.54 Å². The number of nitrogens with one attached hydrogen (secondary N) is 1. The first-order valence-corrected chi connectivity index (χ1v) is 4.81. The summed E-state index contributed by atoms with van der Waals surface area (Å²) in [6.45, 7) is 2.74. The number of hydrogen-bond acceptors (Lipinski definition) is 2. The Labute approximate surface area is 83.5 Å². The maximum atomic E-state index is 11.9. The van der Waals surface area contributed by atoms with Crippen LogP contribution in [0.5, 0.6) is 0 Å². The average Bonchev–Trinajstić information content (AvgIpc) is 2.09. The van der Waals surface area contributed by atoms with E-state index in [1.54, 1.807) is 11.9 Å². The molecule has 14 heavy (non-hydrogen) atoms. The van der Waals surface area contributed by atoms with Crippen LogP contribution in [0.3, 0.4) is 0 Å². The number of rotatable bonds is 6. The molecule has 0 amide bonds. The summed E-state index contributed by atoms with van der Waals surface area (Å²) in [5.74, 6) is 0. The molecule has 5 heteroatoms. The van der Waals surface area contributed by atoms with Gasteiger partial charge in [0.15, 0.2) is 0 Å². The lowest BCUT2D eigenvalue weighted by atomic mass is 10.2. The van der Waals surface area contributed by atoms with Crippen LogP contribution in [0, 0.1) is 0 Å². The third-order valence-corrected chi connectivity index (χ3v) is 2.21. The molecule has 1 atom stereocenters. The number of alkyl halides is 3. The molecule has 0 aromatic heterocycles. The molecule has 0 saturated heterocycles. The zero-order valence-electron chi connectivity index (χ0n) is 8.99. The first-order chi connectivity index (χ1) is 6.39. The van der Waals surface area contributed by atoms with Gasteiger partial charge < -0.3 is 10.2 Å². The van der Waals surface area contributed by atoms with Crippen molar-refractivity contribution in [3.63, 3.8) is 0 Å². The smallest absolute Gasteiger partial charge is 0.316 e. The topological polar surface area (TPSA) is 15.3 Å². The number of hydrogen-bond donors (Lipinski definition) is 1. The Bertz CT molecular complexity index is 143. The van der Waals surface area contributed by atoms with Crippen molar-refractivity contribution in [1.29, 1.82) is 0 Å². The zero-order valence-corrected chi connectivity index (χ0v) is 8.99. The van der Waals surface area contributed by atoms with Gasteiger partial charge in [0.05, 0.1) is 6.42 Å². The van der Waals surface area contributed by atoms with Gasteiger partial charge in [-0.25, -0.2) is 0 Å². The van der Waals surface area contributed by atoms with Gasteiger partial charge in [0, 0.05) is 19.1 Å². The van der Waals surface area contributed by atoms with E-state index in [0.717, 1.165) is 6.42 Å². The van der Waals surface area contributed by atoms with Gasteiger partial charge in [0.1, 0.15) is 0 Å². The van der Waals surface area contributed by atoms with Crippen LogP contribution >= 0.6 is 0 Å². The van der Waals surface area contributed by atoms with E-state index in [1.165, 1.54) is 0 Å². The van der Waals surface area contributed by atoms with E-state index >= 15 is 0 Å². The van der Waals surface area contributed by atoms with Gasteiger partial charge >= 0.3 is 6.18 Å². The van der Waals surface area contributed by atoms with Crippen LogP contribution in [0.2, 0.25) is 0 Å². The highest BCUT2D eigenvalue weighted by atomic mass is 19.4. The Balaban J connectivity index is 3.69. The van der Waals surface area contributed by atoms with Gasteiger partial charge in [0.25, 0.3) is 0 Å². The predicted octanol–water partition coefficient (Wildman–Crippen LogP) is 1.87. The fourth-order valence-electron chi connectivity index (χ4n) is 1.21. The normalized spacial score (nSPS) is 14.8. The van der Waals surface area contributed by atoms with Crippen molar-refractivity contribution in [2.75, 3.05) is 27.2 Å². The number of halogens is 3. The molecule has 0 bridgehead atoms. The fraction of sp³-hybridized carbons (Fsp3) is 1.00. The van der Waals surface area contributed by atoms with E-state index < -0.39 is 12.6 Å². The summed E-state index contributed by atoms with van der Waals surface area (Å²) >= 11 is 0. The summed E-state index contributed by atoms with van der Waals surface area (Å²) in [5, 5.41) is 3.06. The highest BCUT2D eigenvalue weighted by Gasteiger charge is 2.27. The molecule has 0 fully saturated rings. The van der Waals surface area contributed by atoms with Crippen molar-refractivity contribution < 1.29 is 13.2 Å². The molecule has 1 unspecified atom stereocenters. The second-order valence-corrected chi connectivity index (χ2v) is 3.52. The quantitative estimate of drug-likeness (QED) is 0.723. The van der Waals surface area contributed by atoms with Crippen molar-refractivity contribution >= 4 is 0 Å². The van der Waals surface area contributed by atoms with Crippen LogP contribution < -0.4 is 5.32 Å². The molecule has 0 aromatic rings. The maximum Gasteiger partial charge on any atom is 0.390 e. The van der Waals surface area contributed by atoms with Gasteiger partial charge in [-0.1, -0.05) is 6.92 Å². The molecule has 0 heterocycles. The molecule has 0 rings (SSSR count). The van der Waals surface area contributed by atoms with Crippen LogP contribution in [-0.2, 0) is 0 Å². The summed E-state index contributed by atoms with van der Waals surface area (Å²) in [6.07, 6.45) is -3.86. The second-order valence-electron chi connectivity index (χ2n) is 3.52. The van der Waals surface area contributed by atoms with Crippen molar-refractivity contribution in [1.82, 2.24) is 10.2 Å². The minimum Gasteiger partial charge on any atom is -0.316 e. The molecule has 0 aliphatic heterocycles. The van der Waals surface area contributed by atoms with Crippen molar-refractivity contribution in [3.05, 3.63) is 0 Å². The van der Waals surface area contributed by atoms with Gasteiger partial charge in [-0.3, -0.25) is 0 Å². The minimum absolute atomic E-state index is 0.0711. The average molecular weight is 212 g/mol. The molecular weight excluding hydrogens is 193 g/mol. The van der Waals surface area contributed by atoms with E-state index in [9.17, 15) is 13.2 Å². The van der Waals surface area contributed by atoms with E-state index in [1.807, 2.05) is 14.0 Å². The van der Waals surface area contributed by atoms with Gasteiger partial charge in [0.2, 0.25) is 0 Å². The number of likely N-dealkylation sites (N-methyl/N-ethyl adjacent to an activating group) is 2. The van der Waals surface area contributed by atoms with Gasteiger partial charge in [-0.05, 0) is 20.5 Å². The fourth-order valence-corrected chi connectivity index (χ4v) is 1.21. The Morgan fingerprint density at radius 1 is 1.36 bits per heavy atom. The highest BCUT2D eigenvalue weighted by molar-refractivity contribution is 4.67. The van der Waals surface area contributed by atoms with Crippen LogP contribution in [-0.4, -0.2) is 44.3 Å². The van der Waals surface area contributed by atoms with E-state index in [4.69, 9.17) is 0 Å². The predicted molar refractivity (Wildman–Crippen MR) is 51.3 cm³/mol. The molecule has 0 aliphatic carbocycles.